The number of amides is 3. The molecule has 0 aromatic heterocycles. The molecule has 1 saturated heterocycles. The molecule has 0 aromatic rings. The maximum absolute atomic E-state index is 11.3. The highest BCUT2D eigenvalue weighted by molar-refractivity contribution is 6.11. The van der Waals surface area contributed by atoms with E-state index >= 15 is 0 Å². The van der Waals surface area contributed by atoms with E-state index in [1.54, 1.807) is 0 Å². The molecule has 0 aromatic carbocycles. The molecule has 5 heteroatoms. The zero-order chi connectivity index (χ0) is 9.84. The van der Waals surface area contributed by atoms with Crippen LogP contribution in [0.5, 0.6) is 0 Å². The van der Waals surface area contributed by atoms with Crippen LogP contribution >= 0.6 is 0 Å². The largest absolute Gasteiger partial charge is 0.322 e. The van der Waals surface area contributed by atoms with Gasteiger partial charge in [-0.25, -0.2) is 4.90 Å². The van der Waals surface area contributed by atoms with Gasteiger partial charge in [0.15, 0.2) is 0 Å². The van der Waals surface area contributed by atoms with Crippen LogP contribution in [-0.4, -0.2) is 29.2 Å². The molecule has 1 rings (SSSR count). The standard InChI is InChI=1S/C8H12N2O3/c9-5-8(13)10-6(11)3-1-2-4-7(10)12/h1-5,9H2. The van der Waals surface area contributed by atoms with Crippen molar-refractivity contribution in [1.82, 2.24) is 4.90 Å². The number of likely N-dealkylation sites (tertiary alicyclic amines) is 1. The molecule has 0 radical (unpaired) electrons. The number of imide groups is 3. The molecule has 1 aliphatic heterocycles. The molecule has 0 spiro atoms. The first kappa shape index (κ1) is 9.85. The Kier molecular flexibility index (Phi) is 3.13. The van der Waals surface area contributed by atoms with E-state index < -0.39 is 17.7 Å². The summed E-state index contributed by atoms with van der Waals surface area (Å²) in [5, 5.41) is 0. The number of carbonyl (C=O) groups excluding carboxylic acids is 3. The normalized spacial score (nSPS) is 18.7. The molecule has 0 unspecified atom stereocenters. The van der Waals surface area contributed by atoms with Crippen molar-refractivity contribution in [1.29, 1.82) is 0 Å². The van der Waals surface area contributed by atoms with Crippen LogP contribution < -0.4 is 5.73 Å². The van der Waals surface area contributed by atoms with Gasteiger partial charge in [0, 0.05) is 12.8 Å². The van der Waals surface area contributed by atoms with E-state index in [9.17, 15) is 14.4 Å². The Balaban J connectivity index is 2.81. The van der Waals surface area contributed by atoms with Crippen LogP contribution in [-0.2, 0) is 14.4 Å². The van der Waals surface area contributed by atoms with Crippen molar-refractivity contribution in [2.45, 2.75) is 25.7 Å². The smallest absolute Gasteiger partial charge is 0.249 e. The molecule has 2 N–H and O–H groups in total. The maximum atomic E-state index is 11.3. The third kappa shape index (κ3) is 2.12. The van der Waals surface area contributed by atoms with Crippen molar-refractivity contribution in [3.8, 4) is 0 Å². The summed E-state index contributed by atoms with van der Waals surface area (Å²) in [6, 6.07) is 0. The van der Waals surface area contributed by atoms with E-state index in [1.165, 1.54) is 0 Å². The Hall–Kier alpha value is -1.23. The second kappa shape index (κ2) is 4.13. The predicted octanol–water partition coefficient (Wildman–Crippen LogP) is -0.599. The SMILES string of the molecule is NCC(=O)N1C(=O)CCCCC1=O. The number of nitrogens with two attached hydrogens (primary N) is 1. The monoisotopic (exact) mass is 184 g/mol. The zero-order valence-corrected chi connectivity index (χ0v) is 7.28. The van der Waals surface area contributed by atoms with E-state index in [4.69, 9.17) is 5.73 Å². The first-order chi connectivity index (χ1) is 6.16. The van der Waals surface area contributed by atoms with E-state index in [2.05, 4.69) is 0 Å². The summed E-state index contributed by atoms with van der Waals surface area (Å²) in [6.07, 6.45) is 1.85. The highest BCUT2D eigenvalue weighted by Gasteiger charge is 2.28. The van der Waals surface area contributed by atoms with Gasteiger partial charge < -0.3 is 5.73 Å². The van der Waals surface area contributed by atoms with Gasteiger partial charge in [0.2, 0.25) is 17.7 Å². The van der Waals surface area contributed by atoms with Crippen molar-refractivity contribution in [2.75, 3.05) is 6.54 Å². The van der Waals surface area contributed by atoms with Gasteiger partial charge >= 0.3 is 0 Å². The second-order valence-electron chi connectivity index (χ2n) is 2.93. The number of hydrogen-bond donors (Lipinski definition) is 1. The Morgan fingerprint density at radius 3 is 2.08 bits per heavy atom. The van der Waals surface area contributed by atoms with E-state index in [0.29, 0.717) is 17.7 Å². The Morgan fingerprint density at radius 1 is 1.23 bits per heavy atom. The number of nitrogens with zero attached hydrogens (tertiary/aromatic N) is 1. The topological polar surface area (TPSA) is 80.5 Å². The zero-order valence-electron chi connectivity index (χ0n) is 7.28. The summed E-state index contributed by atoms with van der Waals surface area (Å²) in [4.78, 5) is 34.3. The lowest BCUT2D eigenvalue weighted by molar-refractivity contribution is -0.152. The third-order valence-corrected chi connectivity index (χ3v) is 1.95. The summed E-state index contributed by atoms with van der Waals surface area (Å²) in [5.41, 5.74) is 5.08. The van der Waals surface area contributed by atoms with Gasteiger partial charge in [0.05, 0.1) is 6.54 Å². The Labute approximate surface area is 75.9 Å². The highest BCUT2D eigenvalue weighted by Crippen LogP contribution is 2.12. The summed E-state index contributed by atoms with van der Waals surface area (Å²) in [7, 11) is 0. The number of hydrogen-bond acceptors (Lipinski definition) is 4. The van der Waals surface area contributed by atoms with Crippen LogP contribution in [0, 0.1) is 0 Å². The number of rotatable bonds is 1. The van der Waals surface area contributed by atoms with Gasteiger partial charge in [-0.05, 0) is 12.8 Å². The van der Waals surface area contributed by atoms with Crippen LogP contribution in [0.4, 0.5) is 0 Å². The lowest BCUT2D eigenvalue weighted by Gasteiger charge is -2.14. The fourth-order valence-electron chi connectivity index (χ4n) is 1.28. The summed E-state index contributed by atoms with van der Waals surface area (Å²) in [5.74, 6) is -1.44. The first-order valence-corrected chi connectivity index (χ1v) is 4.25. The Morgan fingerprint density at radius 2 is 1.69 bits per heavy atom. The maximum Gasteiger partial charge on any atom is 0.249 e. The highest BCUT2D eigenvalue weighted by atomic mass is 16.2. The molecule has 72 valence electrons. The van der Waals surface area contributed by atoms with Crippen molar-refractivity contribution in [2.24, 2.45) is 5.73 Å². The van der Waals surface area contributed by atoms with E-state index in [-0.39, 0.29) is 19.4 Å². The van der Waals surface area contributed by atoms with Gasteiger partial charge in [0.25, 0.3) is 0 Å². The summed E-state index contributed by atoms with van der Waals surface area (Å²) >= 11 is 0. The average Bonchev–Trinajstić information content (AvgIpc) is 2.27. The molecule has 13 heavy (non-hydrogen) atoms. The minimum absolute atomic E-state index is 0.261. The molecule has 5 nitrogen and oxygen atoms in total. The molecule has 1 fully saturated rings. The van der Waals surface area contributed by atoms with Crippen LogP contribution in [0.1, 0.15) is 25.7 Å². The lowest BCUT2D eigenvalue weighted by atomic mass is 10.2. The Bertz CT molecular complexity index is 232. The van der Waals surface area contributed by atoms with Crippen LogP contribution in [0.25, 0.3) is 0 Å². The molecular formula is C8H12N2O3. The van der Waals surface area contributed by atoms with Crippen molar-refractivity contribution in [3.63, 3.8) is 0 Å². The minimum atomic E-state index is -0.600. The summed E-state index contributed by atoms with van der Waals surface area (Å²) in [6.45, 7) is -0.294. The van der Waals surface area contributed by atoms with Crippen molar-refractivity contribution in [3.05, 3.63) is 0 Å². The third-order valence-electron chi connectivity index (χ3n) is 1.95. The first-order valence-electron chi connectivity index (χ1n) is 4.25. The fraction of sp³-hybridized carbons (Fsp3) is 0.625. The molecule has 1 heterocycles. The molecule has 3 amide bonds. The van der Waals surface area contributed by atoms with Crippen LogP contribution in [0.2, 0.25) is 0 Å². The molecule has 0 aliphatic carbocycles. The molecular weight excluding hydrogens is 172 g/mol. The van der Waals surface area contributed by atoms with Crippen LogP contribution in [0.15, 0.2) is 0 Å². The van der Waals surface area contributed by atoms with Crippen LogP contribution in [0.3, 0.4) is 0 Å². The van der Waals surface area contributed by atoms with Gasteiger partial charge in [-0.1, -0.05) is 0 Å². The minimum Gasteiger partial charge on any atom is -0.322 e. The van der Waals surface area contributed by atoms with Gasteiger partial charge in [-0.15, -0.1) is 0 Å². The van der Waals surface area contributed by atoms with Gasteiger partial charge in [-0.2, -0.15) is 0 Å². The molecule has 0 bridgehead atoms. The fourth-order valence-corrected chi connectivity index (χ4v) is 1.28. The van der Waals surface area contributed by atoms with Gasteiger partial charge in [0.1, 0.15) is 0 Å². The second-order valence-corrected chi connectivity index (χ2v) is 2.93. The average molecular weight is 184 g/mol. The van der Waals surface area contributed by atoms with Gasteiger partial charge in [-0.3, -0.25) is 14.4 Å². The van der Waals surface area contributed by atoms with E-state index in [1.807, 2.05) is 0 Å². The number of carbonyl (C=O) groups is 3. The summed E-state index contributed by atoms with van der Waals surface area (Å²) < 4.78 is 0. The molecule has 1 aliphatic rings. The predicted molar refractivity (Wildman–Crippen MR) is 44.4 cm³/mol. The lowest BCUT2D eigenvalue weighted by Crippen LogP contribution is -2.43. The molecule has 0 atom stereocenters. The van der Waals surface area contributed by atoms with Crippen molar-refractivity contribution >= 4 is 17.7 Å². The quantitative estimate of drug-likeness (QED) is 0.552. The van der Waals surface area contributed by atoms with E-state index in [0.717, 1.165) is 0 Å². The van der Waals surface area contributed by atoms with Crippen molar-refractivity contribution < 1.29 is 14.4 Å². The molecule has 0 saturated carbocycles.